The molecule has 0 saturated heterocycles. The molecule has 0 fully saturated rings. The van der Waals surface area contributed by atoms with E-state index >= 15 is 0 Å². The van der Waals surface area contributed by atoms with Gasteiger partial charge in [0.2, 0.25) is 0 Å². The summed E-state index contributed by atoms with van der Waals surface area (Å²) in [6, 6.07) is 14.1. The third-order valence-corrected chi connectivity index (χ3v) is 4.74. The summed E-state index contributed by atoms with van der Waals surface area (Å²) < 4.78 is 11.6. The van der Waals surface area contributed by atoms with Gasteiger partial charge >= 0.3 is 5.88 Å². The third kappa shape index (κ3) is 4.37. The van der Waals surface area contributed by atoms with E-state index in [1.807, 2.05) is 37.3 Å². The standard InChI is InChI=1S/C19H16BrN3O5/c1-2-15(19(24)22-21-11-13-8-10-17(27-13)23(25)26)28-16-9-7-12-5-3-4-6-14(12)18(16)20/h3-11,15H,2H2,1H3,(H,22,24)/b21-11+. The van der Waals surface area contributed by atoms with Crippen LogP contribution in [0, 0.1) is 10.1 Å². The summed E-state index contributed by atoms with van der Waals surface area (Å²) in [6.07, 6.45) is 0.844. The van der Waals surface area contributed by atoms with Gasteiger partial charge < -0.3 is 9.15 Å². The number of benzene rings is 2. The molecule has 1 unspecified atom stereocenters. The van der Waals surface area contributed by atoms with Crippen molar-refractivity contribution >= 4 is 44.7 Å². The first kappa shape index (κ1) is 19.6. The second kappa shape index (κ2) is 8.66. The molecule has 28 heavy (non-hydrogen) atoms. The van der Waals surface area contributed by atoms with E-state index in [1.54, 1.807) is 6.07 Å². The molecule has 3 aromatic rings. The van der Waals surface area contributed by atoms with Gasteiger partial charge in [-0.05, 0) is 45.3 Å². The van der Waals surface area contributed by atoms with Crippen LogP contribution in [0.1, 0.15) is 19.1 Å². The Balaban J connectivity index is 1.67. The minimum atomic E-state index is -0.763. The molecular weight excluding hydrogens is 430 g/mol. The highest BCUT2D eigenvalue weighted by atomic mass is 79.9. The first-order valence-electron chi connectivity index (χ1n) is 8.40. The van der Waals surface area contributed by atoms with Crippen LogP contribution >= 0.6 is 15.9 Å². The van der Waals surface area contributed by atoms with Crippen LogP contribution in [0.3, 0.4) is 0 Å². The van der Waals surface area contributed by atoms with Crippen molar-refractivity contribution in [3.8, 4) is 5.75 Å². The van der Waals surface area contributed by atoms with Gasteiger partial charge in [-0.1, -0.05) is 37.3 Å². The molecule has 0 spiro atoms. The number of amides is 1. The maximum atomic E-state index is 12.4. The SMILES string of the molecule is CCC(Oc1ccc2ccccc2c1Br)C(=O)N/N=C/c1ccc([N+](=O)[O-])o1. The van der Waals surface area contributed by atoms with Crippen molar-refractivity contribution in [2.24, 2.45) is 5.10 Å². The van der Waals surface area contributed by atoms with Crippen LogP contribution in [0.4, 0.5) is 5.88 Å². The molecule has 0 aliphatic rings. The summed E-state index contributed by atoms with van der Waals surface area (Å²) in [5, 5.41) is 16.4. The fourth-order valence-corrected chi connectivity index (χ4v) is 3.11. The number of carbonyl (C=O) groups is 1. The van der Waals surface area contributed by atoms with E-state index < -0.39 is 22.8 Å². The van der Waals surface area contributed by atoms with Crippen LogP contribution in [0.25, 0.3) is 10.8 Å². The summed E-state index contributed by atoms with van der Waals surface area (Å²) in [6.45, 7) is 1.82. The Morgan fingerprint density at radius 3 is 2.82 bits per heavy atom. The number of fused-ring (bicyclic) bond motifs is 1. The van der Waals surface area contributed by atoms with E-state index in [0.717, 1.165) is 15.2 Å². The highest BCUT2D eigenvalue weighted by Gasteiger charge is 2.20. The zero-order chi connectivity index (χ0) is 20.1. The van der Waals surface area contributed by atoms with E-state index in [-0.39, 0.29) is 5.76 Å². The van der Waals surface area contributed by atoms with Crippen LogP contribution in [0.15, 0.2) is 62.5 Å². The third-order valence-electron chi connectivity index (χ3n) is 3.92. The quantitative estimate of drug-likeness (QED) is 0.329. The molecule has 0 aliphatic heterocycles. The molecule has 0 aliphatic carbocycles. The predicted molar refractivity (Wildman–Crippen MR) is 107 cm³/mol. The van der Waals surface area contributed by atoms with Crippen molar-refractivity contribution in [2.45, 2.75) is 19.4 Å². The van der Waals surface area contributed by atoms with Crippen molar-refractivity contribution in [1.29, 1.82) is 0 Å². The zero-order valence-corrected chi connectivity index (χ0v) is 16.4. The second-order valence-electron chi connectivity index (χ2n) is 5.78. The number of halogens is 1. The molecule has 0 saturated carbocycles. The van der Waals surface area contributed by atoms with Crippen molar-refractivity contribution in [3.05, 3.63) is 68.9 Å². The minimum absolute atomic E-state index is 0.151. The van der Waals surface area contributed by atoms with E-state index in [4.69, 9.17) is 9.15 Å². The van der Waals surface area contributed by atoms with Gasteiger partial charge in [0.25, 0.3) is 5.91 Å². The van der Waals surface area contributed by atoms with Gasteiger partial charge in [0.15, 0.2) is 11.9 Å². The molecule has 1 heterocycles. The maximum absolute atomic E-state index is 12.4. The highest BCUT2D eigenvalue weighted by Crippen LogP contribution is 2.33. The molecule has 1 N–H and O–H groups in total. The largest absolute Gasteiger partial charge is 0.479 e. The summed E-state index contributed by atoms with van der Waals surface area (Å²) in [7, 11) is 0. The van der Waals surface area contributed by atoms with Gasteiger partial charge in [-0.15, -0.1) is 0 Å². The fraction of sp³-hybridized carbons (Fsp3) is 0.158. The average molecular weight is 446 g/mol. The van der Waals surface area contributed by atoms with E-state index in [0.29, 0.717) is 12.2 Å². The maximum Gasteiger partial charge on any atom is 0.433 e. The lowest BCUT2D eigenvalue weighted by Crippen LogP contribution is -2.35. The molecular formula is C19H16BrN3O5. The van der Waals surface area contributed by atoms with Crippen LogP contribution in [0.2, 0.25) is 0 Å². The fourth-order valence-electron chi connectivity index (χ4n) is 2.52. The van der Waals surface area contributed by atoms with Gasteiger partial charge in [0, 0.05) is 0 Å². The Bertz CT molecular complexity index is 1050. The first-order chi connectivity index (χ1) is 13.5. The Labute approximate surface area is 168 Å². The van der Waals surface area contributed by atoms with Crippen molar-refractivity contribution in [2.75, 3.05) is 0 Å². The first-order valence-corrected chi connectivity index (χ1v) is 9.20. The molecule has 9 heteroatoms. The Kier molecular flexibility index (Phi) is 6.05. The Morgan fingerprint density at radius 2 is 2.11 bits per heavy atom. The molecule has 3 rings (SSSR count). The Hall–Kier alpha value is -3.20. The number of hydrazone groups is 1. The molecule has 144 valence electrons. The van der Waals surface area contributed by atoms with Crippen molar-refractivity contribution in [3.63, 3.8) is 0 Å². The normalized spacial score (nSPS) is 12.2. The van der Waals surface area contributed by atoms with Crippen molar-refractivity contribution < 1.29 is 18.9 Å². The van der Waals surface area contributed by atoms with E-state index in [9.17, 15) is 14.9 Å². The Morgan fingerprint density at radius 1 is 1.32 bits per heavy atom. The number of furan rings is 1. The number of nitro groups is 1. The minimum Gasteiger partial charge on any atom is -0.479 e. The molecule has 0 radical (unpaired) electrons. The van der Waals surface area contributed by atoms with Gasteiger partial charge in [-0.2, -0.15) is 5.10 Å². The lowest BCUT2D eigenvalue weighted by molar-refractivity contribution is -0.402. The van der Waals surface area contributed by atoms with Gasteiger partial charge in [0.1, 0.15) is 10.7 Å². The summed E-state index contributed by atoms with van der Waals surface area (Å²) in [4.78, 5) is 22.3. The number of nitrogens with one attached hydrogen (secondary N) is 1. The molecule has 1 amide bonds. The number of carbonyl (C=O) groups excluding carboxylic acids is 1. The zero-order valence-electron chi connectivity index (χ0n) is 14.8. The van der Waals surface area contributed by atoms with Crippen LogP contribution in [0.5, 0.6) is 5.75 Å². The number of hydrogen-bond donors (Lipinski definition) is 1. The highest BCUT2D eigenvalue weighted by molar-refractivity contribution is 9.10. The summed E-state index contributed by atoms with van der Waals surface area (Å²) in [5.41, 5.74) is 2.36. The number of hydrogen-bond acceptors (Lipinski definition) is 6. The molecule has 1 aromatic heterocycles. The van der Waals surface area contributed by atoms with Crippen LogP contribution in [-0.4, -0.2) is 23.1 Å². The lowest BCUT2D eigenvalue weighted by Gasteiger charge is -2.17. The molecule has 2 aromatic carbocycles. The monoisotopic (exact) mass is 445 g/mol. The van der Waals surface area contributed by atoms with E-state index in [1.165, 1.54) is 18.3 Å². The van der Waals surface area contributed by atoms with Crippen LogP contribution < -0.4 is 10.2 Å². The van der Waals surface area contributed by atoms with E-state index in [2.05, 4.69) is 26.5 Å². The average Bonchev–Trinajstić information content (AvgIpc) is 3.17. The molecule has 0 bridgehead atoms. The topological polar surface area (TPSA) is 107 Å². The number of ether oxygens (including phenoxy) is 1. The summed E-state index contributed by atoms with van der Waals surface area (Å²) >= 11 is 3.53. The molecule has 1 atom stereocenters. The smallest absolute Gasteiger partial charge is 0.433 e. The van der Waals surface area contributed by atoms with Gasteiger partial charge in [-0.3, -0.25) is 14.9 Å². The number of nitrogens with zero attached hydrogens (tertiary/aromatic N) is 2. The summed E-state index contributed by atoms with van der Waals surface area (Å²) in [5.74, 6) is -0.145. The number of rotatable bonds is 7. The van der Waals surface area contributed by atoms with Crippen LogP contribution in [-0.2, 0) is 4.79 Å². The van der Waals surface area contributed by atoms with Gasteiger partial charge in [0.05, 0.1) is 16.8 Å². The second-order valence-corrected chi connectivity index (χ2v) is 6.57. The molecule has 8 nitrogen and oxygen atoms in total. The van der Waals surface area contributed by atoms with Crippen molar-refractivity contribution in [1.82, 2.24) is 5.43 Å². The van der Waals surface area contributed by atoms with Gasteiger partial charge in [-0.25, -0.2) is 5.43 Å². The predicted octanol–water partition coefficient (Wildman–Crippen LogP) is 4.41. The lowest BCUT2D eigenvalue weighted by atomic mass is 10.1.